The van der Waals surface area contributed by atoms with E-state index in [1.165, 1.54) is 0 Å². The number of aromatic nitrogens is 3. The second-order valence-electron chi connectivity index (χ2n) is 6.22. The summed E-state index contributed by atoms with van der Waals surface area (Å²) < 4.78 is 1.56. The molecule has 0 bridgehead atoms. The lowest BCUT2D eigenvalue weighted by atomic mass is 10.1. The maximum absolute atomic E-state index is 11.6. The lowest BCUT2D eigenvalue weighted by molar-refractivity contribution is -0.114. The molecule has 1 atom stereocenters. The van der Waals surface area contributed by atoms with Crippen molar-refractivity contribution in [3.63, 3.8) is 0 Å². The van der Waals surface area contributed by atoms with Crippen molar-refractivity contribution in [3.8, 4) is 11.4 Å². The predicted molar refractivity (Wildman–Crippen MR) is 100 cm³/mol. The first-order valence-electron chi connectivity index (χ1n) is 8.62. The van der Waals surface area contributed by atoms with Gasteiger partial charge in [-0.2, -0.15) is 5.10 Å². The Hall–Kier alpha value is -3.23. The number of nitrogens with one attached hydrogen (secondary N) is 2. The van der Waals surface area contributed by atoms with Gasteiger partial charge in [0.05, 0.1) is 31.1 Å². The second-order valence-corrected chi connectivity index (χ2v) is 6.22. The third kappa shape index (κ3) is 3.40. The zero-order valence-electron chi connectivity index (χ0n) is 14.5. The molecule has 4 rings (SSSR count). The van der Waals surface area contributed by atoms with Gasteiger partial charge in [0.1, 0.15) is 6.10 Å². The van der Waals surface area contributed by atoms with E-state index in [-0.39, 0.29) is 31.4 Å². The highest BCUT2D eigenvalue weighted by Crippen LogP contribution is 2.31. The van der Waals surface area contributed by atoms with Crippen LogP contribution in [0.1, 0.15) is 17.5 Å². The largest absolute Gasteiger partial charge is 0.394 e. The Labute approximate surface area is 155 Å². The molecular formula is C19H19N5O3. The Balaban J connectivity index is 1.73. The molecule has 2 heterocycles. The van der Waals surface area contributed by atoms with Crippen molar-refractivity contribution in [3.05, 3.63) is 59.9 Å². The smallest absolute Gasteiger partial charge is 0.243 e. The zero-order chi connectivity index (χ0) is 18.8. The standard InChI is InChI=1S/C19H19N5O3/c25-9-8-24-19(13-6-7-14-15(10-13)21-16(26)11-20-14)22-18(23-24)17(27)12-4-2-1-3-5-12/h1-7,10,17,20,25,27H,8-9,11H2,(H,21,26)/t17-/m1/s1. The zero-order valence-corrected chi connectivity index (χ0v) is 14.5. The van der Waals surface area contributed by atoms with Crippen LogP contribution in [0, 0.1) is 0 Å². The number of aliphatic hydroxyl groups is 2. The van der Waals surface area contributed by atoms with Gasteiger partial charge < -0.3 is 20.8 Å². The summed E-state index contributed by atoms with van der Waals surface area (Å²) >= 11 is 0. The van der Waals surface area contributed by atoms with Gasteiger partial charge in [-0.05, 0) is 23.8 Å². The summed E-state index contributed by atoms with van der Waals surface area (Å²) in [5.74, 6) is 0.651. The van der Waals surface area contributed by atoms with Gasteiger partial charge in [0.25, 0.3) is 0 Å². The van der Waals surface area contributed by atoms with Crippen molar-refractivity contribution < 1.29 is 15.0 Å². The summed E-state index contributed by atoms with van der Waals surface area (Å²) in [5, 5.41) is 30.2. The first-order valence-corrected chi connectivity index (χ1v) is 8.62. The molecular weight excluding hydrogens is 346 g/mol. The van der Waals surface area contributed by atoms with E-state index < -0.39 is 6.10 Å². The predicted octanol–water partition coefficient (Wildman–Crippen LogP) is 1.38. The number of anilines is 2. The number of fused-ring (bicyclic) bond motifs is 1. The van der Waals surface area contributed by atoms with E-state index >= 15 is 0 Å². The Kier molecular flexibility index (Phi) is 4.57. The van der Waals surface area contributed by atoms with Gasteiger partial charge in [0.2, 0.25) is 5.91 Å². The molecule has 8 nitrogen and oxygen atoms in total. The van der Waals surface area contributed by atoms with Gasteiger partial charge in [-0.3, -0.25) is 4.79 Å². The number of amides is 1. The summed E-state index contributed by atoms with van der Waals surface area (Å²) in [6.45, 7) is 0.368. The number of carbonyl (C=O) groups is 1. The molecule has 1 amide bonds. The summed E-state index contributed by atoms with van der Waals surface area (Å²) in [6.07, 6.45) is -0.969. The minimum Gasteiger partial charge on any atom is -0.394 e. The van der Waals surface area contributed by atoms with Crippen LogP contribution >= 0.6 is 0 Å². The minimum absolute atomic E-state index is 0.111. The number of rotatable bonds is 5. The molecule has 0 fully saturated rings. The molecule has 2 aromatic carbocycles. The lowest BCUT2D eigenvalue weighted by Crippen LogP contribution is -2.27. The number of hydrogen-bond acceptors (Lipinski definition) is 6. The van der Waals surface area contributed by atoms with Crippen LogP contribution in [0.2, 0.25) is 0 Å². The number of carbonyl (C=O) groups excluding carboxylic acids is 1. The Morgan fingerprint density at radius 1 is 1.15 bits per heavy atom. The molecule has 1 aliphatic heterocycles. The molecule has 0 unspecified atom stereocenters. The van der Waals surface area contributed by atoms with Gasteiger partial charge in [-0.25, -0.2) is 9.67 Å². The van der Waals surface area contributed by atoms with Crippen LogP contribution in [0.15, 0.2) is 48.5 Å². The molecule has 4 N–H and O–H groups in total. The van der Waals surface area contributed by atoms with Crippen LogP contribution in [0.4, 0.5) is 11.4 Å². The normalized spacial score (nSPS) is 14.2. The molecule has 0 spiro atoms. The highest BCUT2D eigenvalue weighted by Gasteiger charge is 2.21. The molecule has 138 valence electrons. The molecule has 3 aromatic rings. The van der Waals surface area contributed by atoms with E-state index in [9.17, 15) is 15.0 Å². The molecule has 0 saturated heterocycles. The SMILES string of the molecule is O=C1CNc2ccc(-c3nc([C@H](O)c4ccccc4)nn3CCO)cc2N1. The molecule has 27 heavy (non-hydrogen) atoms. The van der Waals surface area contributed by atoms with E-state index in [2.05, 4.69) is 20.7 Å². The fourth-order valence-electron chi connectivity index (χ4n) is 3.03. The molecule has 8 heteroatoms. The third-order valence-electron chi connectivity index (χ3n) is 4.35. The van der Waals surface area contributed by atoms with Crippen molar-refractivity contribution in [2.45, 2.75) is 12.6 Å². The lowest BCUT2D eigenvalue weighted by Gasteiger charge is -2.19. The van der Waals surface area contributed by atoms with Crippen molar-refractivity contribution in [1.82, 2.24) is 14.8 Å². The fourth-order valence-corrected chi connectivity index (χ4v) is 3.03. The van der Waals surface area contributed by atoms with Crippen molar-refractivity contribution in [1.29, 1.82) is 0 Å². The average Bonchev–Trinajstić information content (AvgIpc) is 3.11. The highest BCUT2D eigenvalue weighted by molar-refractivity contribution is 6.01. The highest BCUT2D eigenvalue weighted by atomic mass is 16.3. The monoisotopic (exact) mass is 365 g/mol. The third-order valence-corrected chi connectivity index (χ3v) is 4.35. The van der Waals surface area contributed by atoms with Gasteiger partial charge in [-0.1, -0.05) is 30.3 Å². The quantitative estimate of drug-likeness (QED) is 0.543. The van der Waals surface area contributed by atoms with Crippen LogP contribution in [-0.2, 0) is 11.3 Å². The van der Waals surface area contributed by atoms with Crippen LogP contribution in [0.5, 0.6) is 0 Å². The summed E-state index contributed by atoms with van der Waals surface area (Å²) in [6, 6.07) is 14.7. The minimum atomic E-state index is -0.969. The first kappa shape index (κ1) is 17.2. The summed E-state index contributed by atoms with van der Waals surface area (Å²) in [4.78, 5) is 16.1. The van der Waals surface area contributed by atoms with Gasteiger partial charge in [0.15, 0.2) is 11.6 Å². The fraction of sp³-hybridized carbons (Fsp3) is 0.211. The van der Waals surface area contributed by atoms with Crippen molar-refractivity contribution in [2.24, 2.45) is 0 Å². The number of benzene rings is 2. The van der Waals surface area contributed by atoms with Crippen LogP contribution in [0.25, 0.3) is 11.4 Å². The maximum Gasteiger partial charge on any atom is 0.243 e. The molecule has 0 saturated carbocycles. The summed E-state index contributed by atoms with van der Waals surface area (Å²) in [5.41, 5.74) is 2.90. The summed E-state index contributed by atoms with van der Waals surface area (Å²) in [7, 11) is 0. The van der Waals surface area contributed by atoms with Crippen molar-refractivity contribution in [2.75, 3.05) is 23.8 Å². The Bertz CT molecular complexity index is 971. The Morgan fingerprint density at radius 3 is 2.74 bits per heavy atom. The van der Waals surface area contributed by atoms with E-state index in [1.54, 1.807) is 22.9 Å². The number of nitrogens with zero attached hydrogens (tertiary/aromatic N) is 3. The number of hydrogen-bond donors (Lipinski definition) is 4. The van der Waals surface area contributed by atoms with E-state index in [4.69, 9.17) is 0 Å². The Morgan fingerprint density at radius 2 is 1.96 bits per heavy atom. The van der Waals surface area contributed by atoms with Gasteiger partial charge in [0, 0.05) is 5.56 Å². The maximum atomic E-state index is 11.6. The average molecular weight is 365 g/mol. The van der Waals surface area contributed by atoms with E-state index in [1.807, 2.05) is 30.3 Å². The second kappa shape index (κ2) is 7.18. The topological polar surface area (TPSA) is 112 Å². The molecule has 1 aliphatic rings. The van der Waals surface area contributed by atoms with E-state index in [0.29, 0.717) is 17.1 Å². The van der Waals surface area contributed by atoms with Gasteiger partial charge in [-0.15, -0.1) is 0 Å². The molecule has 0 radical (unpaired) electrons. The van der Waals surface area contributed by atoms with Crippen LogP contribution in [0.3, 0.4) is 0 Å². The van der Waals surface area contributed by atoms with Crippen LogP contribution in [-0.4, -0.2) is 44.0 Å². The van der Waals surface area contributed by atoms with Gasteiger partial charge >= 0.3 is 0 Å². The van der Waals surface area contributed by atoms with Crippen molar-refractivity contribution >= 4 is 17.3 Å². The number of aliphatic hydroxyl groups excluding tert-OH is 2. The van der Waals surface area contributed by atoms with Crippen LogP contribution < -0.4 is 10.6 Å². The van der Waals surface area contributed by atoms with E-state index in [0.717, 1.165) is 11.3 Å². The molecule has 0 aliphatic carbocycles. The molecule has 1 aromatic heterocycles. The first-order chi connectivity index (χ1) is 13.2.